The molecule has 1 aliphatic rings. The minimum atomic E-state index is 0.0713. The van der Waals surface area contributed by atoms with E-state index in [0.717, 1.165) is 0 Å². The minimum absolute atomic E-state index is 0.0713. The third kappa shape index (κ3) is 2.75. The molecule has 1 aromatic heterocycles. The van der Waals surface area contributed by atoms with Gasteiger partial charge in [0.1, 0.15) is 0 Å². The molecule has 0 aliphatic heterocycles. The van der Waals surface area contributed by atoms with Crippen molar-refractivity contribution in [2.24, 2.45) is 5.92 Å². The zero-order chi connectivity index (χ0) is 13.9. The molecule has 1 aliphatic carbocycles. The van der Waals surface area contributed by atoms with Crippen molar-refractivity contribution in [2.75, 3.05) is 0 Å². The van der Waals surface area contributed by atoms with Crippen LogP contribution in [0.5, 0.6) is 0 Å². The van der Waals surface area contributed by atoms with Gasteiger partial charge in [-0.3, -0.25) is 5.32 Å². The Kier molecular flexibility index (Phi) is 3.83. The van der Waals surface area contributed by atoms with E-state index in [4.69, 9.17) is 4.52 Å². The van der Waals surface area contributed by atoms with Crippen LogP contribution in [0.25, 0.3) is 0 Å². The lowest BCUT2D eigenvalue weighted by atomic mass is 9.77. The molecule has 1 fully saturated rings. The van der Waals surface area contributed by atoms with E-state index in [2.05, 4.69) is 52.7 Å². The van der Waals surface area contributed by atoms with E-state index in [1.165, 1.54) is 24.8 Å². The van der Waals surface area contributed by atoms with Crippen molar-refractivity contribution in [1.82, 2.24) is 15.5 Å². The molecule has 2 aromatic rings. The van der Waals surface area contributed by atoms with E-state index in [1.54, 1.807) is 0 Å². The summed E-state index contributed by atoms with van der Waals surface area (Å²) in [6.45, 7) is 3.93. The first-order valence-corrected chi connectivity index (χ1v) is 7.35. The van der Waals surface area contributed by atoms with Crippen LogP contribution in [0.3, 0.4) is 0 Å². The third-order valence-electron chi connectivity index (χ3n) is 4.12. The fourth-order valence-corrected chi connectivity index (χ4v) is 2.77. The van der Waals surface area contributed by atoms with Crippen LogP contribution in [0, 0.1) is 12.8 Å². The Labute approximate surface area is 119 Å². The second-order valence-electron chi connectivity index (χ2n) is 5.65. The normalized spacial score (nSPS) is 18.5. The van der Waals surface area contributed by atoms with Gasteiger partial charge >= 0.3 is 0 Å². The molecule has 1 aromatic carbocycles. The van der Waals surface area contributed by atoms with Crippen LogP contribution in [0.1, 0.15) is 55.5 Å². The summed E-state index contributed by atoms with van der Waals surface area (Å²) in [4.78, 5) is 4.32. The lowest BCUT2D eigenvalue weighted by Crippen LogP contribution is -2.34. The van der Waals surface area contributed by atoms with Crippen molar-refractivity contribution in [2.45, 2.75) is 45.2 Å². The molecule has 1 saturated carbocycles. The highest BCUT2D eigenvalue weighted by atomic mass is 16.5. The van der Waals surface area contributed by atoms with E-state index in [9.17, 15) is 0 Å². The summed E-state index contributed by atoms with van der Waals surface area (Å²) in [5.41, 5.74) is 1.35. The topological polar surface area (TPSA) is 51.0 Å². The number of nitrogens with zero attached hydrogens (tertiary/aromatic N) is 2. The summed E-state index contributed by atoms with van der Waals surface area (Å²) in [5, 5.41) is 7.54. The van der Waals surface area contributed by atoms with Crippen molar-refractivity contribution in [1.29, 1.82) is 0 Å². The maximum Gasteiger partial charge on any atom is 0.243 e. The third-order valence-corrected chi connectivity index (χ3v) is 4.12. The average Bonchev–Trinajstić information content (AvgIpc) is 2.84. The van der Waals surface area contributed by atoms with Gasteiger partial charge < -0.3 is 4.52 Å². The van der Waals surface area contributed by atoms with Gasteiger partial charge in [0.25, 0.3) is 0 Å². The summed E-state index contributed by atoms with van der Waals surface area (Å²) in [5.74, 6) is 2.07. The van der Waals surface area contributed by atoms with Crippen molar-refractivity contribution in [3.63, 3.8) is 0 Å². The lowest BCUT2D eigenvalue weighted by molar-refractivity contribution is 0.207. The van der Waals surface area contributed by atoms with E-state index in [1.807, 2.05) is 6.92 Å². The Bertz CT molecular complexity index is 548. The molecule has 4 nitrogen and oxygen atoms in total. The molecular formula is C16H21N3O. The quantitative estimate of drug-likeness (QED) is 0.903. The Morgan fingerprint density at radius 1 is 1.25 bits per heavy atom. The fourth-order valence-electron chi connectivity index (χ4n) is 2.77. The smallest absolute Gasteiger partial charge is 0.243 e. The monoisotopic (exact) mass is 271 g/mol. The number of hydrogen-bond acceptors (Lipinski definition) is 4. The van der Waals surface area contributed by atoms with E-state index >= 15 is 0 Å². The molecule has 4 heteroatoms. The van der Waals surface area contributed by atoms with Gasteiger partial charge in [-0.05, 0) is 38.2 Å². The summed E-state index contributed by atoms with van der Waals surface area (Å²) >= 11 is 0. The number of benzene rings is 1. The van der Waals surface area contributed by atoms with Gasteiger partial charge in [-0.25, -0.2) is 0 Å². The number of aromatic nitrogens is 2. The highest BCUT2D eigenvalue weighted by Crippen LogP contribution is 2.38. The van der Waals surface area contributed by atoms with Crippen LogP contribution in [-0.4, -0.2) is 10.1 Å². The molecule has 0 unspecified atom stereocenters. The van der Waals surface area contributed by atoms with Gasteiger partial charge in [-0.2, -0.15) is 4.98 Å². The average molecular weight is 271 g/mol. The molecule has 0 amide bonds. The maximum atomic E-state index is 5.27. The van der Waals surface area contributed by atoms with E-state index in [-0.39, 0.29) is 6.04 Å². The lowest BCUT2D eigenvalue weighted by Gasteiger charge is -2.36. The van der Waals surface area contributed by atoms with Crippen LogP contribution in [-0.2, 0) is 0 Å². The molecule has 1 N–H and O–H groups in total. The van der Waals surface area contributed by atoms with E-state index < -0.39 is 0 Å². The summed E-state index contributed by atoms with van der Waals surface area (Å²) in [6.07, 6.45) is 3.92. The zero-order valence-corrected chi connectivity index (χ0v) is 12.0. The Morgan fingerprint density at radius 3 is 2.55 bits per heavy atom. The van der Waals surface area contributed by atoms with Crippen LogP contribution in [0.4, 0.5) is 0 Å². The predicted octanol–water partition coefficient (Wildman–Crippen LogP) is 3.57. The van der Waals surface area contributed by atoms with Crippen molar-refractivity contribution >= 4 is 0 Å². The first-order chi connectivity index (χ1) is 9.74. The molecule has 0 spiro atoms. The zero-order valence-electron chi connectivity index (χ0n) is 12.0. The summed E-state index contributed by atoms with van der Waals surface area (Å²) in [7, 11) is 0. The van der Waals surface area contributed by atoms with Gasteiger partial charge in [-0.15, -0.1) is 0 Å². The Morgan fingerprint density at radius 2 is 2.00 bits per heavy atom. The SMILES string of the molecule is Cc1noc([C@H](C)N[C@H](c2ccccc2)C2CCC2)n1. The fraction of sp³-hybridized carbons (Fsp3) is 0.500. The van der Waals surface area contributed by atoms with Gasteiger partial charge in [0.05, 0.1) is 6.04 Å². The largest absolute Gasteiger partial charge is 0.338 e. The molecule has 20 heavy (non-hydrogen) atoms. The van der Waals surface area contributed by atoms with Gasteiger partial charge in [-0.1, -0.05) is 41.9 Å². The number of rotatable bonds is 5. The molecule has 2 atom stereocenters. The molecule has 3 rings (SSSR count). The molecule has 106 valence electrons. The van der Waals surface area contributed by atoms with E-state index in [0.29, 0.717) is 23.7 Å². The Hall–Kier alpha value is -1.68. The maximum absolute atomic E-state index is 5.27. The van der Waals surface area contributed by atoms with Crippen molar-refractivity contribution in [3.8, 4) is 0 Å². The first-order valence-electron chi connectivity index (χ1n) is 7.35. The number of nitrogens with one attached hydrogen (secondary N) is 1. The van der Waals surface area contributed by atoms with Crippen molar-refractivity contribution < 1.29 is 4.52 Å². The number of aryl methyl sites for hydroxylation is 1. The second-order valence-corrected chi connectivity index (χ2v) is 5.65. The van der Waals surface area contributed by atoms with Gasteiger partial charge in [0, 0.05) is 6.04 Å². The van der Waals surface area contributed by atoms with Gasteiger partial charge in [0.15, 0.2) is 5.82 Å². The highest BCUT2D eigenvalue weighted by Gasteiger charge is 2.30. The number of hydrogen-bond donors (Lipinski definition) is 1. The van der Waals surface area contributed by atoms with Crippen LogP contribution in [0.2, 0.25) is 0 Å². The summed E-state index contributed by atoms with van der Waals surface area (Å²) in [6, 6.07) is 11.1. The second kappa shape index (κ2) is 5.75. The standard InChI is InChI=1S/C16H21N3O/c1-11(16-18-12(2)19-20-16)17-15(14-9-6-10-14)13-7-4-3-5-8-13/h3-5,7-8,11,14-15,17H,6,9-10H2,1-2H3/t11-,15+/m0/s1. The predicted molar refractivity (Wildman–Crippen MR) is 77.1 cm³/mol. The molecule has 0 bridgehead atoms. The highest BCUT2D eigenvalue weighted by molar-refractivity contribution is 5.20. The van der Waals surface area contributed by atoms with Crippen LogP contribution >= 0.6 is 0 Å². The Balaban J connectivity index is 1.76. The van der Waals surface area contributed by atoms with Crippen LogP contribution in [0.15, 0.2) is 34.9 Å². The molecule has 1 heterocycles. The molecular weight excluding hydrogens is 250 g/mol. The van der Waals surface area contributed by atoms with Crippen molar-refractivity contribution in [3.05, 3.63) is 47.6 Å². The van der Waals surface area contributed by atoms with Crippen LogP contribution < -0.4 is 5.32 Å². The first kappa shape index (κ1) is 13.3. The summed E-state index contributed by atoms with van der Waals surface area (Å²) < 4.78 is 5.27. The minimum Gasteiger partial charge on any atom is -0.338 e. The van der Waals surface area contributed by atoms with Gasteiger partial charge in [0.2, 0.25) is 5.89 Å². The molecule has 0 radical (unpaired) electrons. The molecule has 0 saturated heterocycles.